The minimum absolute atomic E-state index is 0.296. The Morgan fingerprint density at radius 1 is 1.75 bits per heavy atom. The zero-order valence-electron chi connectivity index (χ0n) is 7.28. The molecule has 0 aromatic heterocycles. The fourth-order valence-electron chi connectivity index (χ4n) is 1.65. The first-order chi connectivity index (χ1) is 5.45. The number of hydrogen-bond donors (Lipinski definition) is 2. The average Bonchev–Trinajstić information content (AvgIpc) is 2.27. The summed E-state index contributed by atoms with van der Waals surface area (Å²) in [4.78, 5) is 10.6. The number of carbonyl (C=O) groups is 1. The van der Waals surface area contributed by atoms with Crippen LogP contribution >= 0.6 is 0 Å². The molecule has 1 saturated heterocycles. The Hall–Kier alpha value is -0.610. The summed E-state index contributed by atoms with van der Waals surface area (Å²) in [5.74, 6) is -3.00. The van der Waals surface area contributed by atoms with Crippen molar-refractivity contribution in [3.8, 4) is 0 Å². The minimum atomic E-state index is -1.27. The summed E-state index contributed by atoms with van der Waals surface area (Å²) in [7, 11) is 0. The summed E-state index contributed by atoms with van der Waals surface area (Å²) in [6.45, 7) is 3.55. The number of aliphatic carboxylic acids is 1. The van der Waals surface area contributed by atoms with Gasteiger partial charge in [0.2, 0.25) is 0 Å². The first kappa shape index (κ1) is 9.48. The molecule has 1 aliphatic rings. The van der Waals surface area contributed by atoms with E-state index in [0.29, 0.717) is 13.0 Å². The molecule has 0 amide bonds. The van der Waals surface area contributed by atoms with Gasteiger partial charge in [0.25, 0.3) is 0 Å². The molecule has 0 aliphatic carbocycles. The maximum absolute atomic E-state index is 10.6. The number of ether oxygens (including phenoxy) is 1. The van der Waals surface area contributed by atoms with Gasteiger partial charge in [-0.15, -0.1) is 0 Å². The summed E-state index contributed by atoms with van der Waals surface area (Å²) in [6.07, 6.45) is 0.612. The van der Waals surface area contributed by atoms with Crippen LogP contribution in [0.4, 0.5) is 0 Å². The zero-order chi connectivity index (χ0) is 9.35. The average molecular weight is 174 g/mol. The minimum Gasteiger partial charge on any atom is -0.481 e. The molecule has 0 spiro atoms. The molecule has 0 unspecified atom stereocenters. The number of aliphatic hydroxyl groups is 1. The van der Waals surface area contributed by atoms with Crippen molar-refractivity contribution in [3.63, 3.8) is 0 Å². The fraction of sp³-hybridized carbons (Fsp3) is 0.875. The lowest BCUT2D eigenvalue weighted by atomic mass is 9.86. The lowest BCUT2D eigenvalue weighted by Crippen LogP contribution is -2.37. The van der Waals surface area contributed by atoms with E-state index in [1.54, 1.807) is 6.92 Å². The van der Waals surface area contributed by atoms with Gasteiger partial charge in [0, 0.05) is 5.92 Å². The monoisotopic (exact) mass is 174 g/mol. The number of rotatable bonds is 2. The van der Waals surface area contributed by atoms with Crippen molar-refractivity contribution in [1.82, 2.24) is 0 Å². The van der Waals surface area contributed by atoms with Crippen molar-refractivity contribution in [2.75, 3.05) is 6.61 Å². The van der Waals surface area contributed by atoms with Crippen LogP contribution in [-0.4, -0.2) is 28.6 Å². The molecule has 0 aromatic rings. The molecule has 12 heavy (non-hydrogen) atoms. The van der Waals surface area contributed by atoms with E-state index in [1.807, 2.05) is 0 Å². The molecule has 0 radical (unpaired) electrons. The Labute approximate surface area is 71.2 Å². The highest BCUT2D eigenvalue weighted by atomic mass is 16.6. The van der Waals surface area contributed by atoms with E-state index in [4.69, 9.17) is 9.84 Å². The molecular weight excluding hydrogens is 160 g/mol. The Morgan fingerprint density at radius 2 is 2.33 bits per heavy atom. The van der Waals surface area contributed by atoms with Crippen LogP contribution in [0, 0.1) is 11.8 Å². The second-order valence-corrected chi connectivity index (χ2v) is 3.43. The second kappa shape index (κ2) is 3.03. The quantitative estimate of drug-likeness (QED) is 0.638. The molecule has 1 fully saturated rings. The molecule has 0 aromatic carbocycles. The van der Waals surface area contributed by atoms with Gasteiger partial charge in [-0.1, -0.05) is 6.92 Å². The highest BCUT2D eigenvalue weighted by molar-refractivity contribution is 5.70. The molecule has 0 saturated carbocycles. The Balaban J connectivity index is 2.68. The van der Waals surface area contributed by atoms with Gasteiger partial charge < -0.3 is 14.9 Å². The van der Waals surface area contributed by atoms with Gasteiger partial charge >= 0.3 is 5.97 Å². The van der Waals surface area contributed by atoms with E-state index >= 15 is 0 Å². The third-order valence-corrected chi connectivity index (χ3v) is 2.50. The molecule has 4 nitrogen and oxygen atoms in total. The van der Waals surface area contributed by atoms with E-state index in [1.165, 1.54) is 6.92 Å². The van der Waals surface area contributed by atoms with Crippen LogP contribution in [0.25, 0.3) is 0 Å². The summed E-state index contributed by atoms with van der Waals surface area (Å²) >= 11 is 0. The lowest BCUT2D eigenvalue weighted by Gasteiger charge is -2.26. The summed E-state index contributed by atoms with van der Waals surface area (Å²) in [5, 5.41) is 18.3. The Morgan fingerprint density at radius 3 is 2.67 bits per heavy atom. The summed E-state index contributed by atoms with van der Waals surface area (Å²) in [5.41, 5.74) is 0. The standard InChI is InChI=1S/C8H14O4/c1-5(7(9)10)6-3-4-12-8(6,2)11/h5-6,11H,3-4H2,1-2H3,(H,9,10)/t5-,6-,8+/m1/s1. The topological polar surface area (TPSA) is 66.8 Å². The SMILES string of the molecule is C[C@@H](C(=O)O)[C@H]1CCO[C@]1(C)O. The van der Waals surface area contributed by atoms with E-state index in [2.05, 4.69) is 0 Å². The number of hydrogen-bond acceptors (Lipinski definition) is 3. The van der Waals surface area contributed by atoms with Gasteiger partial charge in [0.15, 0.2) is 5.79 Å². The molecule has 0 bridgehead atoms. The molecule has 70 valence electrons. The van der Waals surface area contributed by atoms with Gasteiger partial charge in [-0.25, -0.2) is 0 Å². The first-order valence-corrected chi connectivity index (χ1v) is 4.04. The van der Waals surface area contributed by atoms with Crippen molar-refractivity contribution in [3.05, 3.63) is 0 Å². The smallest absolute Gasteiger partial charge is 0.306 e. The predicted molar refractivity (Wildman–Crippen MR) is 41.5 cm³/mol. The first-order valence-electron chi connectivity index (χ1n) is 4.04. The predicted octanol–water partition coefficient (Wildman–Crippen LogP) is 0.452. The van der Waals surface area contributed by atoms with Crippen LogP contribution in [0.3, 0.4) is 0 Å². The zero-order valence-corrected chi connectivity index (χ0v) is 7.28. The van der Waals surface area contributed by atoms with Crippen LogP contribution in [0.15, 0.2) is 0 Å². The molecule has 1 aliphatic heterocycles. The maximum atomic E-state index is 10.6. The highest BCUT2D eigenvalue weighted by Gasteiger charge is 2.43. The largest absolute Gasteiger partial charge is 0.481 e. The van der Waals surface area contributed by atoms with Crippen LogP contribution in [-0.2, 0) is 9.53 Å². The van der Waals surface area contributed by atoms with Crippen molar-refractivity contribution >= 4 is 5.97 Å². The molecule has 2 N–H and O–H groups in total. The summed E-state index contributed by atoms with van der Waals surface area (Å²) in [6, 6.07) is 0. The van der Waals surface area contributed by atoms with Crippen molar-refractivity contribution in [2.45, 2.75) is 26.1 Å². The Kier molecular flexibility index (Phi) is 2.39. The maximum Gasteiger partial charge on any atom is 0.306 e. The van der Waals surface area contributed by atoms with Gasteiger partial charge in [0.05, 0.1) is 12.5 Å². The van der Waals surface area contributed by atoms with Gasteiger partial charge in [-0.3, -0.25) is 4.79 Å². The van der Waals surface area contributed by atoms with E-state index < -0.39 is 17.7 Å². The molecular formula is C8H14O4. The van der Waals surface area contributed by atoms with Crippen molar-refractivity contribution in [1.29, 1.82) is 0 Å². The second-order valence-electron chi connectivity index (χ2n) is 3.43. The molecule has 1 rings (SSSR count). The molecule has 3 atom stereocenters. The van der Waals surface area contributed by atoms with E-state index in [9.17, 15) is 9.90 Å². The lowest BCUT2D eigenvalue weighted by molar-refractivity contribution is -0.193. The fourth-order valence-corrected chi connectivity index (χ4v) is 1.65. The van der Waals surface area contributed by atoms with Crippen molar-refractivity contribution < 1.29 is 19.7 Å². The third-order valence-electron chi connectivity index (χ3n) is 2.50. The van der Waals surface area contributed by atoms with Crippen LogP contribution in [0.1, 0.15) is 20.3 Å². The number of carboxylic acids is 1. The van der Waals surface area contributed by atoms with Gasteiger partial charge in [-0.05, 0) is 13.3 Å². The van der Waals surface area contributed by atoms with Crippen LogP contribution in [0.5, 0.6) is 0 Å². The highest BCUT2D eigenvalue weighted by Crippen LogP contribution is 2.35. The Bertz CT molecular complexity index is 187. The van der Waals surface area contributed by atoms with Crippen molar-refractivity contribution in [2.24, 2.45) is 11.8 Å². The third kappa shape index (κ3) is 1.59. The normalized spacial score (nSPS) is 38.1. The number of carboxylic acid groups (broad SMARTS) is 1. The summed E-state index contributed by atoms with van der Waals surface area (Å²) < 4.78 is 5.02. The van der Waals surface area contributed by atoms with E-state index in [-0.39, 0.29) is 5.92 Å². The van der Waals surface area contributed by atoms with Gasteiger partial charge in [0.1, 0.15) is 0 Å². The van der Waals surface area contributed by atoms with Crippen LogP contribution < -0.4 is 0 Å². The van der Waals surface area contributed by atoms with Crippen LogP contribution in [0.2, 0.25) is 0 Å². The molecule has 4 heteroatoms. The van der Waals surface area contributed by atoms with E-state index in [0.717, 1.165) is 0 Å². The molecule has 1 heterocycles. The van der Waals surface area contributed by atoms with Gasteiger partial charge in [-0.2, -0.15) is 0 Å².